The van der Waals surface area contributed by atoms with E-state index in [0.29, 0.717) is 0 Å². The van der Waals surface area contributed by atoms with Gasteiger partial charge in [0, 0.05) is 18.2 Å². The highest BCUT2D eigenvalue weighted by atomic mass is 32.2. The topological polar surface area (TPSA) is 58.2 Å². The quantitative estimate of drug-likeness (QED) is 0.836. The Labute approximate surface area is 157 Å². The number of benzene rings is 2. The van der Waals surface area contributed by atoms with Crippen LogP contribution in [-0.2, 0) is 17.6 Å². The molecule has 5 heteroatoms. The number of fused-ring (bicyclic) bond motifs is 1. The zero-order valence-electron chi connectivity index (χ0n) is 14.5. The van der Waals surface area contributed by atoms with Gasteiger partial charge in [0.05, 0.1) is 0 Å². The number of carbonyl (C=O) groups excluding carboxylic acids is 2. The Hall–Kier alpha value is -2.27. The van der Waals surface area contributed by atoms with Gasteiger partial charge in [0.2, 0.25) is 5.91 Å². The number of aryl methyl sites for hydroxylation is 2. The van der Waals surface area contributed by atoms with E-state index in [4.69, 9.17) is 0 Å². The third-order valence-electron chi connectivity index (χ3n) is 5.17. The third-order valence-corrected chi connectivity index (χ3v) is 6.28. The first-order valence-electron chi connectivity index (χ1n) is 9.13. The Kier molecular flexibility index (Phi) is 4.98. The van der Waals surface area contributed by atoms with Gasteiger partial charge in [0.15, 0.2) is 0 Å². The summed E-state index contributed by atoms with van der Waals surface area (Å²) in [6.45, 7) is 1.01. The summed E-state index contributed by atoms with van der Waals surface area (Å²) in [5.74, 6) is -0.132. The molecule has 1 fully saturated rings. The molecule has 2 N–H and O–H groups in total. The van der Waals surface area contributed by atoms with Crippen LogP contribution in [0.4, 0.5) is 10.5 Å². The minimum Gasteiger partial charge on any atom is -0.385 e. The Morgan fingerprint density at radius 2 is 1.96 bits per heavy atom. The molecule has 0 saturated carbocycles. The Morgan fingerprint density at radius 1 is 1.12 bits per heavy atom. The van der Waals surface area contributed by atoms with E-state index in [2.05, 4.69) is 41.0 Å². The zero-order chi connectivity index (χ0) is 17.9. The standard InChI is InChI=1S/C21H22N2O2S/c24-20-19(26-21(25)23-20)17(10-8-14-5-2-1-3-6-14)15-9-11-18-16(13-15)7-4-12-22-18/h1-3,5-6,9,11,13,17,19,22H,4,7-8,10,12H2,(H,23,24,25). The molecule has 2 aliphatic heterocycles. The Morgan fingerprint density at radius 3 is 2.73 bits per heavy atom. The summed E-state index contributed by atoms with van der Waals surface area (Å²) >= 11 is 1.13. The molecule has 2 aromatic carbocycles. The van der Waals surface area contributed by atoms with E-state index in [1.54, 1.807) is 0 Å². The molecule has 134 valence electrons. The maximum absolute atomic E-state index is 12.3. The monoisotopic (exact) mass is 366 g/mol. The highest BCUT2D eigenvalue weighted by Crippen LogP contribution is 2.38. The van der Waals surface area contributed by atoms with Crippen molar-refractivity contribution in [2.45, 2.75) is 36.9 Å². The molecule has 2 aliphatic rings. The van der Waals surface area contributed by atoms with Gasteiger partial charge in [-0.15, -0.1) is 0 Å². The summed E-state index contributed by atoms with van der Waals surface area (Å²) in [6, 6.07) is 16.8. The summed E-state index contributed by atoms with van der Waals surface area (Å²) in [4.78, 5) is 24.1. The second-order valence-corrected chi connectivity index (χ2v) is 8.01. The Balaban J connectivity index is 1.61. The summed E-state index contributed by atoms with van der Waals surface area (Å²) in [6.07, 6.45) is 3.92. The third kappa shape index (κ3) is 3.63. The molecule has 0 bridgehead atoms. The van der Waals surface area contributed by atoms with Crippen molar-refractivity contribution in [3.05, 3.63) is 65.2 Å². The van der Waals surface area contributed by atoms with Gasteiger partial charge in [-0.2, -0.15) is 0 Å². The van der Waals surface area contributed by atoms with Crippen LogP contribution < -0.4 is 10.6 Å². The van der Waals surface area contributed by atoms with Crippen molar-refractivity contribution in [3.8, 4) is 0 Å². The van der Waals surface area contributed by atoms with Crippen LogP contribution in [0, 0.1) is 0 Å². The Bertz CT molecular complexity index is 822. The fourth-order valence-corrected chi connectivity index (χ4v) is 4.83. The van der Waals surface area contributed by atoms with Gasteiger partial charge in [-0.1, -0.05) is 54.2 Å². The van der Waals surface area contributed by atoms with Gasteiger partial charge < -0.3 is 5.32 Å². The lowest BCUT2D eigenvalue weighted by Gasteiger charge is -2.24. The van der Waals surface area contributed by atoms with E-state index in [9.17, 15) is 9.59 Å². The van der Waals surface area contributed by atoms with Crippen LogP contribution in [0.25, 0.3) is 0 Å². The molecule has 2 atom stereocenters. The number of hydrogen-bond donors (Lipinski definition) is 2. The smallest absolute Gasteiger partial charge is 0.286 e. The largest absolute Gasteiger partial charge is 0.385 e. The van der Waals surface area contributed by atoms with Crippen LogP contribution in [0.3, 0.4) is 0 Å². The van der Waals surface area contributed by atoms with Gasteiger partial charge in [0.25, 0.3) is 5.24 Å². The maximum atomic E-state index is 12.3. The van der Waals surface area contributed by atoms with E-state index in [-0.39, 0.29) is 22.3 Å². The number of hydrogen-bond acceptors (Lipinski definition) is 4. The van der Waals surface area contributed by atoms with Crippen molar-refractivity contribution in [2.24, 2.45) is 0 Å². The molecular weight excluding hydrogens is 344 g/mol. The number of rotatable bonds is 5. The number of carbonyl (C=O) groups is 2. The summed E-state index contributed by atoms with van der Waals surface area (Å²) in [7, 11) is 0. The second kappa shape index (κ2) is 7.54. The molecule has 2 heterocycles. The summed E-state index contributed by atoms with van der Waals surface area (Å²) < 4.78 is 0. The molecule has 0 radical (unpaired) electrons. The normalized spacial score (nSPS) is 20.2. The van der Waals surface area contributed by atoms with Crippen LogP contribution in [0.2, 0.25) is 0 Å². The van der Waals surface area contributed by atoms with E-state index >= 15 is 0 Å². The molecule has 0 aromatic heterocycles. The molecule has 1 saturated heterocycles. The van der Waals surface area contributed by atoms with Crippen molar-refractivity contribution in [2.75, 3.05) is 11.9 Å². The highest BCUT2D eigenvalue weighted by molar-refractivity contribution is 8.15. The van der Waals surface area contributed by atoms with E-state index in [1.807, 2.05) is 18.2 Å². The number of anilines is 1. The first-order valence-corrected chi connectivity index (χ1v) is 10.0. The molecular formula is C21H22N2O2S. The molecule has 26 heavy (non-hydrogen) atoms. The van der Waals surface area contributed by atoms with E-state index < -0.39 is 0 Å². The zero-order valence-corrected chi connectivity index (χ0v) is 15.4. The molecule has 2 amide bonds. The summed E-state index contributed by atoms with van der Waals surface area (Å²) in [5.41, 5.74) is 4.92. The second-order valence-electron chi connectivity index (χ2n) is 6.89. The van der Waals surface area contributed by atoms with Crippen molar-refractivity contribution < 1.29 is 9.59 Å². The lowest BCUT2D eigenvalue weighted by molar-refractivity contribution is -0.119. The van der Waals surface area contributed by atoms with Crippen LogP contribution in [0.1, 0.15) is 35.4 Å². The minimum atomic E-state index is -0.346. The fourth-order valence-electron chi connectivity index (χ4n) is 3.82. The van der Waals surface area contributed by atoms with Gasteiger partial charge in [-0.25, -0.2) is 0 Å². The van der Waals surface area contributed by atoms with Crippen LogP contribution in [0.15, 0.2) is 48.5 Å². The molecule has 4 nitrogen and oxygen atoms in total. The molecule has 2 aromatic rings. The average molecular weight is 366 g/mol. The van der Waals surface area contributed by atoms with E-state index in [0.717, 1.165) is 49.6 Å². The summed E-state index contributed by atoms with van der Waals surface area (Å²) in [5, 5.41) is 5.31. The molecule has 4 rings (SSSR count). The van der Waals surface area contributed by atoms with Gasteiger partial charge >= 0.3 is 0 Å². The number of amides is 2. The van der Waals surface area contributed by atoms with Gasteiger partial charge in [0.1, 0.15) is 5.25 Å². The minimum absolute atomic E-state index is 0.0267. The van der Waals surface area contributed by atoms with Crippen LogP contribution in [0.5, 0.6) is 0 Å². The number of thioether (sulfide) groups is 1. The first kappa shape index (κ1) is 17.2. The average Bonchev–Trinajstić information content (AvgIpc) is 3.01. The van der Waals surface area contributed by atoms with Crippen LogP contribution in [-0.4, -0.2) is 22.9 Å². The van der Waals surface area contributed by atoms with Crippen molar-refractivity contribution in [1.82, 2.24) is 5.32 Å². The van der Waals surface area contributed by atoms with Gasteiger partial charge in [-0.05, 0) is 48.4 Å². The lowest BCUT2D eigenvalue weighted by atomic mass is 9.87. The van der Waals surface area contributed by atoms with Gasteiger partial charge in [-0.3, -0.25) is 14.9 Å². The highest BCUT2D eigenvalue weighted by Gasteiger charge is 2.38. The predicted octanol–water partition coefficient (Wildman–Crippen LogP) is 4.11. The molecule has 0 aliphatic carbocycles. The van der Waals surface area contributed by atoms with Crippen molar-refractivity contribution in [3.63, 3.8) is 0 Å². The molecule has 0 spiro atoms. The van der Waals surface area contributed by atoms with E-state index in [1.165, 1.54) is 16.8 Å². The molecule has 2 unspecified atom stereocenters. The van der Waals surface area contributed by atoms with Crippen molar-refractivity contribution in [1.29, 1.82) is 0 Å². The number of imide groups is 1. The fraction of sp³-hybridized carbons (Fsp3) is 0.333. The predicted molar refractivity (Wildman–Crippen MR) is 106 cm³/mol. The first-order chi connectivity index (χ1) is 12.7. The van der Waals surface area contributed by atoms with Crippen molar-refractivity contribution >= 4 is 28.6 Å². The lowest BCUT2D eigenvalue weighted by Crippen LogP contribution is -2.29. The number of nitrogens with one attached hydrogen (secondary N) is 2. The SMILES string of the molecule is O=C1NC(=O)C(C(CCc2ccccc2)c2ccc3c(c2)CCCN3)S1. The van der Waals surface area contributed by atoms with Crippen LogP contribution >= 0.6 is 11.8 Å². The maximum Gasteiger partial charge on any atom is 0.286 e.